The Bertz CT molecular complexity index is 1780. The highest BCUT2D eigenvalue weighted by molar-refractivity contribution is 6.00. The molecule has 12 heteroatoms. The average molecular weight is 765 g/mol. The van der Waals surface area contributed by atoms with Crippen LogP contribution in [0.4, 0.5) is 0 Å². The molecule has 0 unspecified atom stereocenters. The molecule has 3 aliphatic heterocycles. The highest BCUT2D eigenvalue weighted by Gasteiger charge is 2.36. The first kappa shape index (κ1) is 40.4. The first-order chi connectivity index (χ1) is 27.3. The monoisotopic (exact) mass is 764 g/mol. The van der Waals surface area contributed by atoms with Gasteiger partial charge in [-0.1, -0.05) is 72.8 Å². The lowest BCUT2D eigenvalue weighted by Crippen LogP contribution is -2.53. The second kappa shape index (κ2) is 20.1. The summed E-state index contributed by atoms with van der Waals surface area (Å²) in [6.07, 6.45) is 5.82. The predicted molar refractivity (Wildman–Crippen MR) is 213 cm³/mol. The normalized spacial score (nSPS) is 21.9. The minimum absolute atomic E-state index is 0.0422. The summed E-state index contributed by atoms with van der Waals surface area (Å²) in [7, 11) is 0. The second-order valence-corrected chi connectivity index (χ2v) is 15.3. The summed E-state index contributed by atoms with van der Waals surface area (Å²) in [5.74, 6) is -0.904. The van der Waals surface area contributed by atoms with Crippen molar-refractivity contribution >= 4 is 29.5 Å². The van der Waals surface area contributed by atoms with Gasteiger partial charge in [0.25, 0.3) is 5.91 Å². The van der Waals surface area contributed by atoms with Crippen molar-refractivity contribution in [2.24, 2.45) is 11.7 Å². The van der Waals surface area contributed by atoms with Gasteiger partial charge >= 0.3 is 0 Å². The summed E-state index contributed by atoms with van der Waals surface area (Å²) in [6.45, 7) is 2.16. The largest absolute Gasteiger partial charge is 0.491 e. The van der Waals surface area contributed by atoms with Crippen LogP contribution in [0.2, 0.25) is 0 Å². The number of carbonyl (C=O) groups is 5. The van der Waals surface area contributed by atoms with Gasteiger partial charge in [-0.05, 0) is 93.5 Å². The fourth-order valence-electron chi connectivity index (χ4n) is 8.11. The van der Waals surface area contributed by atoms with Crippen molar-refractivity contribution in [2.45, 2.75) is 88.9 Å². The molecule has 3 heterocycles. The van der Waals surface area contributed by atoms with E-state index in [0.29, 0.717) is 63.5 Å². The Morgan fingerprint density at radius 2 is 1.48 bits per heavy atom. The quantitative estimate of drug-likeness (QED) is 0.278. The number of nitrogens with one attached hydrogen (secondary N) is 2. The second-order valence-electron chi connectivity index (χ2n) is 15.3. The minimum atomic E-state index is -0.980. The number of benzene rings is 3. The van der Waals surface area contributed by atoms with Crippen molar-refractivity contribution in [3.8, 4) is 5.75 Å². The van der Waals surface area contributed by atoms with Crippen LogP contribution in [0, 0.1) is 5.92 Å². The predicted octanol–water partition coefficient (Wildman–Crippen LogP) is 4.07. The minimum Gasteiger partial charge on any atom is -0.491 e. The number of nitrogens with two attached hydrogens (primary N) is 1. The Kier molecular flexibility index (Phi) is 14.5. The van der Waals surface area contributed by atoms with E-state index in [-0.39, 0.29) is 61.9 Å². The molecule has 6 rings (SSSR count). The number of para-hydroxylation sites is 1. The number of likely N-dealkylation sites (tertiary alicyclic amines) is 1. The van der Waals surface area contributed by atoms with Crippen LogP contribution in [0.3, 0.4) is 0 Å². The van der Waals surface area contributed by atoms with Crippen molar-refractivity contribution < 1.29 is 28.7 Å². The molecule has 3 aliphatic rings. The number of piperidine rings is 1. The van der Waals surface area contributed by atoms with Crippen molar-refractivity contribution in [1.82, 2.24) is 25.3 Å². The van der Waals surface area contributed by atoms with Gasteiger partial charge in [0.2, 0.25) is 23.6 Å². The maximum absolute atomic E-state index is 14.3. The van der Waals surface area contributed by atoms with Crippen LogP contribution < -0.4 is 21.1 Å². The lowest BCUT2D eigenvalue weighted by atomic mass is 9.90. The van der Waals surface area contributed by atoms with Crippen molar-refractivity contribution in [3.05, 3.63) is 102 Å². The number of ether oxygens (including phenoxy) is 1. The number of hydrogen-bond donors (Lipinski definition) is 3. The maximum atomic E-state index is 14.3. The topological polar surface area (TPSA) is 154 Å². The fraction of sp³-hybridized carbons (Fsp3) is 0.477. The lowest BCUT2D eigenvalue weighted by molar-refractivity contribution is -0.140. The molecule has 0 spiro atoms. The Morgan fingerprint density at radius 3 is 2.21 bits per heavy atom. The molecule has 0 bridgehead atoms. The van der Waals surface area contributed by atoms with Crippen LogP contribution in [0.5, 0.6) is 5.75 Å². The molecule has 298 valence electrons. The molecule has 3 aromatic carbocycles. The molecule has 2 fully saturated rings. The molecule has 5 amide bonds. The van der Waals surface area contributed by atoms with Gasteiger partial charge in [-0.3, -0.25) is 24.0 Å². The van der Waals surface area contributed by atoms with Gasteiger partial charge < -0.3 is 35.8 Å². The number of carbonyl (C=O) groups excluding carboxylic acids is 5. The van der Waals surface area contributed by atoms with Crippen LogP contribution in [-0.4, -0.2) is 102 Å². The van der Waals surface area contributed by atoms with E-state index in [9.17, 15) is 24.0 Å². The summed E-state index contributed by atoms with van der Waals surface area (Å²) in [4.78, 5) is 75.3. The molecule has 0 aliphatic carbocycles. The van der Waals surface area contributed by atoms with E-state index in [2.05, 4.69) is 22.8 Å². The molecule has 12 nitrogen and oxygen atoms in total. The summed E-state index contributed by atoms with van der Waals surface area (Å²) >= 11 is 0. The zero-order valence-corrected chi connectivity index (χ0v) is 32.3. The molecule has 0 saturated carbocycles. The average Bonchev–Trinajstić information content (AvgIpc) is 3.70. The van der Waals surface area contributed by atoms with Gasteiger partial charge in [-0.2, -0.15) is 0 Å². The van der Waals surface area contributed by atoms with Gasteiger partial charge in [-0.25, -0.2) is 0 Å². The summed E-state index contributed by atoms with van der Waals surface area (Å²) in [5, 5.41) is 5.93. The van der Waals surface area contributed by atoms with Crippen molar-refractivity contribution in [3.63, 3.8) is 0 Å². The number of unbranched alkanes of at least 4 members (excludes halogenated alkanes) is 1. The first-order valence-electron chi connectivity index (χ1n) is 20.3. The molecule has 0 aromatic heterocycles. The zero-order chi connectivity index (χ0) is 39.3. The Hall–Kier alpha value is -5.23. The van der Waals surface area contributed by atoms with Crippen LogP contribution in [-0.2, 0) is 32.1 Å². The molecule has 0 radical (unpaired) electrons. The maximum Gasteiger partial charge on any atom is 0.255 e. The van der Waals surface area contributed by atoms with Crippen molar-refractivity contribution in [1.29, 1.82) is 0 Å². The van der Waals surface area contributed by atoms with Gasteiger partial charge in [0.05, 0.1) is 18.2 Å². The molecular formula is C44H56N6O6. The first-order valence-corrected chi connectivity index (χ1v) is 20.3. The molecule has 56 heavy (non-hydrogen) atoms. The summed E-state index contributed by atoms with van der Waals surface area (Å²) < 4.78 is 6.27. The van der Waals surface area contributed by atoms with E-state index in [1.807, 2.05) is 48.5 Å². The third-order valence-corrected chi connectivity index (χ3v) is 11.3. The van der Waals surface area contributed by atoms with E-state index in [1.165, 1.54) is 10.5 Å². The highest BCUT2D eigenvalue weighted by Crippen LogP contribution is 2.26. The van der Waals surface area contributed by atoms with Gasteiger partial charge in [0.1, 0.15) is 24.4 Å². The highest BCUT2D eigenvalue weighted by atomic mass is 16.5. The van der Waals surface area contributed by atoms with Gasteiger partial charge in [0.15, 0.2) is 0 Å². The smallest absolute Gasteiger partial charge is 0.255 e. The van der Waals surface area contributed by atoms with Gasteiger partial charge in [0, 0.05) is 32.6 Å². The molecule has 2 saturated heterocycles. The Morgan fingerprint density at radius 1 is 0.786 bits per heavy atom. The zero-order valence-electron chi connectivity index (χ0n) is 32.3. The number of fused-ring (bicyclic) bond motifs is 2. The Balaban J connectivity index is 1.26. The molecule has 3 atom stereocenters. The third-order valence-electron chi connectivity index (χ3n) is 11.3. The van der Waals surface area contributed by atoms with E-state index in [1.54, 1.807) is 34.1 Å². The molecule has 4 N–H and O–H groups in total. The van der Waals surface area contributed by atoms with E-state index >= 15 is 0 Å². The standard InChI is InChI=1S/C44H56N6O6/c45-24-10-9-18-37-44(55)50-25-11-16-35(50)31-56-39-19-8-7-17-36(39)42(53)47-38(43(54)48-26-22-33(23-27-48)28-32-12-3-1-4-13-32)20-21-41(52)49(30-40(51)46-37)29-34-14-5-2-6-15-34/h1-8,12-15,17,19,33,35,37-38H,9-11,16,18,20-31,45H2,(H,46,51)(H,47,53)/t35-,37+,38+/m1/s1. The van der Waals surface area contributed by atoms with E-state index < -0.39 is 23.9 Å². The molecule has 3 aromatic rings. The van der Waals surface area contributed by atoms with Crippen LogP contribution in [0.25, 0.3) is 0 Å². The van der Waals surface area contributed by atoms with E-state index in [4.69, 9.17) is 10.5 Å². The summed E-state index contributed by atoms with van der Waals surface area (Å²) in [5.41, 5.74) is 8.16. The number of amides is 5. The summed E-state index contributed by atoms with van der Waals surface area (Å²) in [6, 6.07) is 24.6. The van der Waals surface area contributed by atoms with Crippen LogP contribution in [0.1, 0.15) is 79.3 Å². The van der Waals surface area contributed by atoms with Crippen LogP contribution in [0.15, 0.2) is 84.9 Å². The number of nitrogens with zero attached hydrogens (tertiary/aromatic N) is 3. The van der Waals surface area contributed by atoms with E-state index in [0.717, 1.165) is 31.2 Å². The Labute approximate surface area is 330 Å². The van der Waals surface area contributed by atoms with Gasteiger partial charge in [-0.15, -0.1) is 0 Å². The van der Waals surface area contributed by atoms with Crippen molar-refractivity contribution in [2.75, 3.05) is 39.3 Å². The fourth-order valence-corrected chi connectivity index (χ4v) is 8.11. The third kappa shape index (κ3) is 11.0. The lowest BCUT2D eigenvalue weighted by Gasteiger charge is -2.35. The number of hydrogen-bond acceptors (Lipinski definition) is 7. The van der Waals surface area contributed by atoms with Crippen LogP contribution >= 0.6 is 0 Å². The molecular weight excluding hydrogens is 709 g/mol. The SMILES string of the molecule is NCCCC[C@@H]1NC(=O)CN(Cc2ccccc2)C(=O)CC[C@@H](C(=O)N2CCC(Cc3ccccc3)CC2)NC(=O)c2ccccc2OC[C@H]2CCCN2C1=O. The number of rotatable bonds is 9.